The molecule has 1 aromatic rings. The van der Waals surface area contributed by atoms with Gasteiger partial charge in [-0.25, -0.2) is 9.59 Å². The molecule has 8 heteroatoms. The van der Waals surface area contributed by atoms with Crippen LogP contribution in [0, 0.1) is 6.92 Å². The van der Waals surface area contributed by atoms with E-state index >= 15 is 0 Å². The van der Waals surface area contributed by atoms with Crippen LogP contribution < -0.4 is 5.32 Å². The zero-order valence-electron chi connectivity index (χ0n) is 12.5. The number of carbonyl (C=O) groups excluding carboxylic acids is 1. The Hall–Kier alpha value is -2.25. The number of amides is 1. The van der Waals surface area contributed by atoms with Crippen molar-refractivity contribution in [3.05, 3.63) is 28.8 Å². The summed E-state index contributed by atoms with van der Waals surface area (Å²) in [6.07, 6.45) is -5.78. The number of anilines is 1. The smallest absolute Gasteiger partial charge is 0.417 e. The third kappa shape index (κ3) is 4.37. The molecule has 22 heavy (non-hydrogen) atoms. The molecule has 0 fully saturated rings. The van der Waals surface area contributed by atoms with Crippen LogP contribution in [0.25, 0.3) is 0 Å². The summed E-state index contributed by atoms with van der Waals surface area (Å²) in [5.74, 6) is -1.70. The lowest BCUT2D eigenvalue weighted by molar-refractivity contribution is -0.138. The second-order valence-electron chi connectivity index (χ2n) is 5.59. The van der Waals surface area contributed by atoms with Crippen LogP contribution in [0.2, 0.25) is 0 Å². The Bertz CT molecular complexity index is 603. The molecule has 0 spiro atoms. The number of carboxylic acid groups (broad SMARTS) is 1. The average Bonchev–Trinajstić information content (AvgIpc) is 2.26. The van der Waals surface area contributed by atoms with Gasteiger partial charge in [0.2, 0.25) is 0 Å². The minimum atomic E-state index is -4.86. The molecule has 122 valence electrons. The van der Waals surface area contributed by atoms with Crippen LogP contribution in [0.4, 0.5) is 23.7 Å². The Morgan fingerprint density at radius 1 is 1.18 bits per heavy atom. The summed E-state index contributed by atoms with van der Waals surface area (Å²) in [4.78, 5) is 22.6. The van der Waals surface area contributed by atoms with Crippen LogP contribution in [0.15, 0.2) is 12.1 Å². The summed E-state index contributed by atoms with van der Waals surface area (Å²) in [5.41, 5.74) is -3.54. The minimum absolute atomic E-state index is 0.161. The highest BCUT2D eigenvalue weighted by Gasteiger charge is 2.38. The largest absolute Gasteiger partial charge is 0.478 e. The lowest BCUT2D eigenvalue weighted by Crippen LogP contribution is -2.28. The maximum atomic E-state index is 13.1. The number of hydrogen-bond donors (Lipinski definition) is 2. The number of carbonyl (C=O) groups is 2. The SMILES string of the molecule is Cc1c(NC(=O)OC(C)(C)C)ccc(C(=O)O)c1C(F)(F)F. The summed E-state index contributed by atoms with van der Waals surface area (Å²) in [6, 6.07) is 1.89. The van der Waals surface area contributed by atoms with E-state index in [-0.39, 0.29) is 5.69 Å². The molecule has 0 saturated heterocycles. The van der Waals surface area contributed by atoms with Crippen molar-refractivity contribution in [1.82, 2.24) is 0 Å². The molecule has 0 unspecified atom stereocenters. The van der Waals surface area contributed by atoms with Crippen LogP contribution in [-0.2, 0) is 10.9 Å². The molecule has 2 N–H and O–H groups in total. The molecule has 1 aromatic carbocycles. The van der Waals surface area contributed by atoms with Gasteiger partial charge >= 0.3 is 18.2 Å². The number of hydrogen-bond acceptors (Lipinski definition) is 3. The number of carboxylic acids is 1. The molecule has 0 saturated carbocycles. The molecule has 0 aliphatic carbocycles. The molecule has 5 nitrogen and oxygen atoms in total. The van der Waals surface area contributed by atoms with Gasteiger partial charge in [-0.2, -0.15) is 13.2 Å². The predicted octanol–water partition coefficient (Wildman–Crippen LogP) is 4.06. The van der Waals surface area contributed by atoms with E-state index in [9.17, 15) is 22.8 Å². The van der Waals surface area contributed by atoms with Gasteiger partial charge in [0.05, 0.1) is 11.1 Å². The topological polar surface area (TPSA) is 75.6 Å². The average molecular weight is 319 g/mol. The second-order valence-corrected chi connectivity index (χ2v) is 5.59. The van der Waals surface area contributed by atoms with Crippen molar-refractivity contribution < 1.29 is 32.6 Å². The lowest BCUT2D eigenvalue weighted by Gasteiger charge is -2.21. The fourth-order valence-electron chi connectivity index (χ4n) is 1.80. The van der Waals surface area contributed by atoms with E-state index in [0.717, 1.165) is 19.1 Å². The molecule has 0 radical (unpaired) electrons. The fraction of sp³-hybridized carbons (Fsp3) is 0.429. The van der Waals surface area contributed by atoms with E-state index in [2.05, 4.69) is 5.32 Å². The van der Waals surface area contributed by atoms with Gasteiger partial charge in [0.1, 0.15) is 5.60 Å². The zero-order chi connectivity index (χ0) is 17.3. The van der Waals surface area contributed by atoms with E-state index in [1.165, 1.54) is 0 Å². The molecule has 1 amide bonds. The van der Waals surface area contributed by atoms with Crippen LogP contribution >= 0.6 is 0 Å². The van der Waals surface area contributed by atoms with Crippen LogP contribution in [0.1, 0.15) is 42.3 Å². The monoisotopic (exact) mass is 319 g/mol. The van der Waals surface area contributed by atoms with Crippen molar-refractivity contribution in [1.29, 1.82) is 0 Å². The third-order valence-electron chi connectivity index (χ3n) is 2.61. The zero-order valence-corrected chi connectivity index (χ0v) is 12.5. The summed E-state index contributed by atoms with van der Waals surface area (Å²) in [6.45, 7) is 5.90. The van der Waals surface area contributed by atoms with E-state index in [4.69, 9.17) is 9.84 Å². The summed E-state index contributed by atoms with van der Waals surface area (Å²) in [5, 5.41) is 11.1. The quantitative estimate of drug-likeness (QED) is 0.862. The Morgan fingerprint density at radius 3 is 2.14 bits per heavy atom. The van der Waals surface area contributed by atoms with Crippen molar-refractivity contribution in [2.45, 2.75) is 39.5 Å². The molecule has 0 bridgehead atoms. The molecule has 0 atom stereocenters. The number of benzene rings is 1. The van der Waals surface area contributed by atoms with Gasteiger partial charge in [0.15, 0.2) is 0 Å². The third-order valence-corrected chi connectivity index (χ3v) is 2.61. The standard InChI is InChI=1S/C14H16F3NO4/c1-7-9(18-12(21)22-13(2,3)4)6-5-8(11(19)20)10(7)14(15,16)17/h5-6H,1-4H3,(H,18,21)(H,19,20). The van der Waals surface area contributed by atoms with Gasteiger partial charge < -0.3 is 9.84 Å². The first-order valence-corrected chi connectivity index (χ1v) is 6.27. The van der Waals surface area contributed by atoms with Gasteiger partial charge in [-0.3, -0.25) is 5.32 Å². The van der Waals surface area contributed by atoms with E-state index in [1.54, 1.807) is 20.8 Å². The minimum Gasteiger partial charge on any atom is -0.478 e. The first kappa shape index (κ1) is 17.8. The fourth-order valence-corrected chi connectivity index (χ4v) is 1.80. The number of halogens is 3. The summed E-state index contributed by atoms with van der Waals surface area (Å²) in [7, 11) is 0. The lowest BCUT2D eigenvalue weighted by atomic mass is 9.99. The van der Waals surface area contributed by atoms with Gasteiger partial charge in [0.25, 0.3) is 0 Å². The van der Waals surface area contributed by atoms with Crippen LogP contribution in [-0.4, -0.2) is 22.8 Å². The predicted molar refractivity (Wildman–Crippen MR) is 73.0 cm³/mol. The van der Waals surface area contributed by atoms with E-state index in [0.29, 0.717) is 0 Å². The van der Waals surface area contributed by atoms with Gasteiger partial charge in [0, 0.05) is 5.69 Å². The summed E-state index contributed by atoms with van der Waals surface area (Å²) >= 11 is 0. The maximum absolute atomic E-state index is 13.1. The highest BCUT2D eigenvalue weighted by molar-refractivity contribution is 5.93. The molecule has 0 aromatic heterocycles. The van der Waals surface area contributed by atoms with Crippen molar-refractivity contribution >= 4 is 17.7 Å². The van der Waals surface area contributed by atoms with Gasteiger partial charge in [-0.15, -0.1) is 0 Å². The first-order valence-electron chi connectivity index (χ1n) is 6.27. The molecule has 0 heterocycles. The van der Waals surface area contributed by atoms with Gasteiger partial charge in [-0.1, -0.05) is 0 Å². The highest BCUT2D eigenvalue weighted by atomic mass is 19.4. The molecule has 0 aliphatic rings. The highest BCUT2D eigenvalue weighted by Crippen LogP contribution is 2.37. The number of alkyl halides is 3. The van der Waals surface area contributed by atoms with Crippen molar-refractivity contribution in [2.75, 3.05) is 5.32 Å². The Labute approximate surface area is 125 Å². The summed E-state index contributed by atoms with van der Waals surface area (Å²) < 4.78 is 44.1. The number of ether oxygens (including phenoxy) is 1. The number of nitrogens with one attached hydrogen (secondary N) is 1. The first-order chi connectivity index (χ1) is 9.83. The van der Waals surface area contributed by atoms with E-state index in [1.807, 2.05) is 0 Å². The normalized spacial score (nSPS) is 12.0. The van der Waals surface area contributed by atoms with Gasteiger partial charge in [-0.05, 0) is 45.4 Å². The Morgan fingerprint density at radius 2 is 1.73 bits per heavy atom. The maximum Gasteiger partial charge on any atom is 0.417 e. The number of aromatic carboxylic acids is 1. The molecular weight excluding hydrogens is 303 g/mol. The van der Waals surface area contributed by atoms with E-state index < -0.39 is 40.5 Å². The number of rotatable bonds is 2. The molecule has 0 aliphatic heterocycles. The Balaban J connectivity index is 3.25. The molecule has 1 rings (SSSR count). The second kappa shape index (κ2) is 5.86. The molecular formula is C14H16F3NO4. The van der Waals surface area contributed by atoms with Crippen LogP contribution in [0.3, 0.4) is 0 Å². The van der Waals surface area contributed by atoms with Crippen LogP contribution in [0.5, 0.6) is 0 Å². The van der Waals surface area contributed by atoms with Crippen molar-refractivity contribution in [3.63, 3.8) is 0 Å². The van der Waals surface area contributed by atoms with Crippen molar-refractivity contribution in [3.8, 4) is 0 Å². The van der Waals surface area contributed by atoms with Crippen molar-refractivity contribution in [2.24, 2.45) is 0 Å². The Kier molecular flexibility index (Phi) is 4.74.